The maximum Gasteiger partial charge on any atom is 0.309 e. The van der Waals surface area contributed by atoms with Crippen molar-refractivity contribution in [2.24, 2.45) is 13.0 Å². The Bertz CT molecular complexity index is 336. The number of carbonyl (C=O) groups excluding carboxylic acids is 1. The zero-order chi connectivity index (χ0) is 12.0. The van der Waals surface area contributed by atoms with Crippen molar-refractivity contribution in [1.82, 2.24) is 15.1 Å². The van der Waals surface area contributed by atoms with Gasteiger partial charge in [0.15, 0.2) is 0 Å². The second-order valence-corrected chi connectivity index (χ2v) is 3.73. The van der Waals surface area contributed by atoms with Crippen LogP contribution < -0.4 is 5.32 Å². The molecule has 16 heavy (non-hydrogen) atoms. The van der Waals surface area contributed by atoms with Gasteiger partial charge in [-0.1, -0.05) is 6.92 Å². The SMILES string of the molecule is CCOC(=O)C(C)CNCc1ccnn1C. The lowest BCUT2D eigenvalue weighted by Crippen LogP contribution is -2.28. The van der Waals surface area contributed by atoms with E-state index in [2.05, 4.69) is 10.4 Å². The normalized spacial score (nSPS) is 12.4. The van der Waals surface area contributed by atoms with Crippen LogP contribution in [0.15, 0.2) is 12.3 Å². The lowest BCUT2D eigenvalue weighted by atomic mass is 10.2. The van der Waals surface area contributed by atoms with Gasteiger partial charge in [0.25, 0.3) is 0 Å². The predicted molar refractivity (Wildman–Crippen MR) is 60.7 cm³/mol. The minimum Gasteiger partial charge on any atom is -0.466 e. The highest BCUT2D eigenvalue weighted by molar-refractivity contribution is 5.72. The van der Waals surface area contributed by atoms with Crippen molar-refractivity contribution in [1.29, 1.82) is 0 Å². The fourth-order valence-electron chi connectivity index (χ4n) is 1.36. The van der Waals surface area contributed by atoms with Crippen LogP contribution in [-0.4, -0.2) is 28.9 Å². The molecular formula is C11H19N3O2. The predicted octanol–water partition coefficient (Wildman–Crippen LogP) is 0.709. The average molecular weight is 225 g/mol. The molecule has 0 saturated carbocycles. The van der Waals surface area contributed by atoms with Crippen molar-refractivity contribution in [3.8, 4) is 0 Å². The third-order valence-corrected chi connectivity index (χ3v) is 2.37. The molecule has 1 unspecified atom stereocenters. The number of hydrogen-bond acceptors (Lipinski definition) is 4. The zero-order valence-corrected chi connectivity index (χ0v) is 10.1. The van der Waals surface area contributed by atoms with Crippen molar-refractivity contribution < 1.29 is 9.53 Å². The summed E-state index contributed by atoms with van der Waals surface area (Å²) in [5.74, 6) is -0.270. The zero-order valence-electron chi connectivity index (χ0n) is 10.1. The summed E-state index contributed by atoms with van der Waals surface area (Å²) in [6.07, 6.45) is 1.76. The third-order valence-electron chi connectivity index (χ3n) is 2.37. The molecule has 5 heteroatoms. The Morgan fingerprint density at radius 2 is 2.44 bits per heavy atom. The van der Waals surface area contributed by atoms with E-state index in [1.165, 1.54) is 0 Å². The standard InChI is InChI=1S/C11H19N3O2/c1-4-16-11(15)9(2)7-12-8-10-5-6-13-14(10)3/h5-6,9,12H,4,7-8H2,1-3H3. The molecule has 0 radical (unpaired) electrons. The van der Waals surface area contributed by atoms with Crippen LogP contribution in [0, 0.1) is 5.92 Å². The van der Waals surface area contributed by atoms with Gasteiger partial charge < -0.3 is 10.1 Å². The maximum atomic E-state index is 11.3. The van der Waals surface area contributed by atoms with Crippen molar-refractivity contribution >= 4 is 5.97 Å². The molecule has 1 heterocycles. The van der Waals surface area contributed by atoms with E-state index in [9.17, 15) is 4.79 Å². The molecule has 1 aromatic rings. The van der Waals surface area contributed by atoms with Gasteiger partial charge in [-0.2, -0.15) is 5.10 Å². The summed E-state index contributed by atoms with van der Waals surface area (Å²) in [6.45, 7) is 5.43. The number of nitrogens with zero attached hydrogens (tertiary/aromatic N) is 2. The van der Waals surface area contributed by atoms with E-state index in [1.807, 2.05) is 31.6 Å². The topological polar surface area (TPSA) is 56.1 Å². The van der Waals surface area contributed by atoms with E-state index >= 15 is 0 Å². The number of nitrogens with one attached hydrogen (secondary N) is 1. The lowest BCUT2D eigenvalue weighted by Gasteiger charge is -2.11. The molecule has 0 aliphatic rings. The van der Waals surface area contributed by atoms with E-state index in [1.54, 1.807) is 6.20 Å². The number of aryl methyl sites for hydroxylation is 1. The molecule has 0 aliphatic heterocycles. The summed E-state index contributed by atoms with van der Waals surface area (Å²) in [4.78, 5) is 11.3. The van der Waals surface area contributed by atoms with Crippen molar-refractivity contribution in [3.05, 3.63) is 18.0 Å². The molecule has 1 aromatic heterocycles. The van der Waals surface area contributed by atoms with Gasteiger partial charge in [-0.3, -0.25) is 9.48 Å². The van der Waals surface area contributed by atoms with Crippen LogP contribution in [0.5, 0.6) is 0 Å². The van der Waals surface area contributed by atoms with Gasteiger partial charge in [-0.25, -0.2) is 0 Å². The quantitative estimate of drug-likeness (QED) is 0.724. The minimum absolute atomic E-state index is 0.117. The van der Waals surface area contributed by atoms with E-state index in [4.69, 9.17) is 4.74 Å². The molecule has 0 amide bonds. The van der Waals surface area contributed by atoms with Gasteiger partial charge in [0.1, 0.15) is 0 Å². The van der Waals surface area contributed by atoms with Crippen LogP contribution in [0.3, 0.4) is 0 Å². The van der Waals surface area contributed by atoms with Crippen LogP contribution in [0.2, 0.25) is 0 Å². The molecule has 5 nitrogen and oxygen atoms in total. The number of carbonyl (C=O) groups is 1. The fraction of sp³-hybridized carbons (Fsp3) is 0.636. The largest absolute Gasteiger partial charge is 0.466 e. The Morgan fingerprint density at radius 1 is 1.69 bits per heavy atom. The van der Waals surface area contributed by atoms with Crippen molar-refractivity contribution in [2.75, 3.05) is 13.2 Å². The number of hydrogen-bond donors (Lipinski definition) is 1. The highest BCUT2D eigenvalue weighted by Gasteiger charge is 2.13. The minimum atomic E-state index is -0.153. The van der Waals surface area contributed by atoms with Gasteiger partial charge in [-0.05, 0) is 13.0 Å². The van der Waals surface area contributed by atoms with Crippen LogP contribution in [0.25, 0.3) is 0 Å². The molecule has 1 N–H and O–H groups in total. The van der Waals surface area contributed by atoms with Crippen LogP contribution in [-0.2, 0) is 23.1 Å². The van der Waals surface area contributed by atoms with Crippen LogP contribution in [0.1, 0.15) is 19.5 Å². The summed E-state index contributed by atoms with van der Waals surface area (Å²) in [5.41, 5.74) is 1.09. The van der Waals surface area contributed by atoms with E-state index in [0.717, 1.165) is 5.69 Å². The number of esters is 1. The van der Waals surface area contributed by atoms with Gasteiger partial charge in [0.05, 0.1) is 18.2 Å². The van der Waals surface area contributed by atoms with Crippen LogP contribution >= 0.6 is 0 Å². The molecule has 0 aliphatic carbocycles. The number of rotatable bonds is 6. The third kappa shape index (κ3) is 3.66. The molecule has 0 spiro atoms. The highest BCUT2D eigenvalue weighted by Crippen LogP contribution is 1.99. The van der Waals surface area contributed by atoms with Gasteiger partial charge in [0, 0.05) is 26.3 Å². The molecular weight excluding hydrogens is 206 g/mol. The highest BCUT2D eigenvalue weighted by atomic mass is 16.5. The molecule has 90 valence electrons. The second kappa shape index (κ2) is 6.27. The Labute approximate surface area is 95.8 Å². The first-order chi connectivity index (χ1) is 7.65. The fourth-order valence-corrected chi connectivity index (χ4v) is 1.36. The van der Waals surface area contributed by atoms with E-state index in [-0.39, 0.29) is 11.9 Å². The monoisotopic (exact) mass is 225 g/mol. The van der Waals surface area contributed by atoms with Gasteiger partial charge in [-0.15, -0.1) is 0 Å². The summed E-state index contributed by atoms with van der Waals surface area (Å²) >= 11 is 0. The average Bonchev–Trinajstić information content (AvgIpc) is 2.65. The molecule has 1 atom stereocenters. The molecule has 0 aromatic carbocycles. The summed E-state index contributed by atoms with van der Waals surface area (Å²) in [7, 11) is 1.89. The van der Waals surface area contributed by atoms with Gasteiger partial charge >= 0.3 is 5.97 Å². The Morgan fingerprint density at radius 3 is 3.00 bits per heavy atom. The first kappa shape index (κ1) is 12.7. The molecule has 1 rings (SSSR count). The summed E-state index contributed by atoms with van der Waals surface area (Å²) < 4.78 is 6.73. The maximum absolute atomic E-state index is 11.3. The Balaban J connectivity index is 2.25. The smallest absolute Gasteiger partial charge is 0.309 e. The first-order valence-corrected chi connectivity index (χ1v) is 5.49. The van der Waals surface area contributed by atoms with Crippen molar-refractivity contribution in [3.63, 3.8) is 0 Å². The molecule has 0 saturated heterocycles. The van der Waals surface area contributed by atoms with Crippen molar-refractivity contribution in [2.45, 2.75) is 20.4 Å². The van der Waals surface area contributed by atoms with E-state index < -0.39 is 0 Å². The summed E-state index contributed by atoms with van der Waals surface area (Å²) in [6, 6.07) is 1.95. The van der Waals surface area contributed by atoms with Crippen LogP contribution in [0.4, 0.5) is 0 Å². The van der Waals surface area contributed by atoms with Gasteiger partial charge in [0.2, 0.25) is 0 Å². The lowest BCUT2D eigenvalue weighted by molar-refractivity contribution is -0.147. The Hall–Kier alpha value is -1.36. The number of aromatic nitrogens is 2. The second-order valence-electron chi connectivity index (χ2n) is 3.73. The van der Waals surface area contributed by atoms with E-state index in [0.29, 0.717) is 19.7 Å². The first-order valence-electron chi connectivity index (χ1n) is 5.49. The number of ether oxygens (including phenoxy) is 1. The molecule has 0 bridgehead atoms. The Kier molecular flexibility index (Phi) is 4.98. The molecule has 0 fully saturated rings. The summed E-state index contributed by atoms with van der Waals surface area (Å²) in [5, 5.41) is 7.27.